The molecule has 0 aliphatic heterocycles. The molecule has 3 saturated carbocycles. The number of hydrogen-bond acceptors (Lipinski definition) is 4. The highest BCUT2D eigenvalue weighted by Crippen LogP contribution is 2.69. The van der Waals surface area contributed by atoms with Crippen molar-refractivity contribution in [1.82, 2.24) is 5.32 Å². The van der Waals surface area contributed by atoms with Crippen molar-refractivity contribution in [2.24, 2.45) is 5.41 Å². The summed E-state index contributed by atoms with van der Waals surface area (Å²) >= 11 is 5.63. The van der Waals surface area contributed by atoms with Crippen molar-refractivity contribution in [2.75, 3.05) is 13.7 Å². The van der Waals surface area contributed by atoms with E-state index < -0.39 is 5.82 Å². The number of amides is 1. The molecule has 1 N–H and O–H groups in total. The van der Waals surface area contributed by atoms with Gasteiger partial charge in [0.25, 0.3) is 5.91 Å². The second-order valence-corrected chi connectivity index (χ2v) is 8.93. The topological polar surface area (TPSA) is 64.6 Å². The molecule has 0 radical (unpaired) electrons. The van der Waals surface area contributed by atoms with E-state index >= 15 is 0 Å². The largest absolute Gasteiger partial charge is 0.496 e. The van der Waals surface area contributed by atoms with E-state index in [1.165, 1.54) is 12.1 Å². The predicted octanol–water partition coefficient (Wildman–Crippen LogP) is 4.49. The molecule has 0 saturated heterocycles. The predicted molar refractivity (Wildman–Crippen MR) is 111 cm³/mol. The molecule has 2 aromatic carbocycles. The van der Waals surface area contributed by atoms with Gasteiger partial charge in [-0.15, -0.1) is 0 Å². The number of aryl methyl sites for hydroxylation is 1. The molecule has 30 heavy (non-hydrogen) atoms. The minimum absolute atomic E-state index is 0.00349. The zero-order valence-electron chi connectivity index (χ0n) is 16.9. The molecule has 2 aromatic rings. The van der Waals surface area contributed by atoms with E-state index in [1.807, 2.05) is 25.1 Å². The lowest BCUT2D eigenvalue weighted by molar-refractivity contribution is -0.164. The third-order valence-electron chi connectivity index (χ3n) is 6.00. The summed E-state index contributed by atoms with van der Waals surface area (Å²) < 4.78 is 24.1. The summed E-state index contributed by atoms with van der Waals surface area (Å²) in [5.74, 6) is 0.0692. The van der Waals surface area contributed by atoms with E-state index in [0.29, 0.717) is 17.7 Å². The summed E-state index contributed by atoms with van der Waals surface area (Å²) in [6.07, 6.45) is 2.79. The van der Waals surface area contributed by atoms with Crippen LogP contribution in [0.15, 0.2) is 36.4 Å². The number of ether oxygens (including phenoxy) is 2. The van der Waals surface area contributed by atoms with Gasteiger partial charge in [0.15, 0.2) is 12.4 Å². The second-order valence-electron chi connectivity index (χ2n) is 8.53. The summed E-state index contributed by atoms with van der Waals surface area (Å²) in [5, 5.41) is 3.01. The molecular weight excluding hydrogens is 409 g/mol. The molecule has 0 heterocycles. The van der Waals surface area contributed by atoms with Gasteiger partial charge in [-0.3, -0.25) is 9.59 Å². The van der Waals surface area contributed by atoms with Crippen molar-refractivity contribution in [3.8, 4) is 11.5 Å². The van der Waals surface area contributed by atoms with Crippen LogP contribution < -0.4 is 14.8 Å². The lowest BCUT2D eigenvalue weighted by Gasteiger charge is -2.70. The van der Waals surface area contributed by atoms with E-state index in [1.54, 1.807) is 7.11 Å². The summed E-state index contributed by atoms with van der Waals surface area (Å²) in [6, 6.07) is 9.64. The molecule has 0 unspecified atom stereocenters. The lowest BCUT2D eigenvalue weighted by Crippen LogP contribution is -2.75. The molecule has 0 aromatic heterocycles. The number of benzene rings is 2. The Balaban J connectivity index is 1.27. The Bertz CT molecular complexity index is 1000. The molecule has 3 fully saturated rings. The molecule has 5 nitrogen and oxygen atoms in total. The highest BCUT2D eigenvalue weighted by Gasteiger charge is 2.68. The van der Waals surface area contributed by atoms with E-state index in [0.717, 1.165) is 30.9 Å². The number of hydrogen-bond donors (Lipinski definition) is 1. The van der Waals surface area contributed by atoms with Crippen molar-refractivity contribution in [2.45, 2.75) is 38.1 Å². The molecule has 2 bridgehead atoms. The fraction of sp³-hybridized carbons (Fsp3) is 0.391. The van der Waals surface area contributed by atoms with E-state index in [9.17, 15) is 14.0 Å². The van der Waals surface area contributed by atoms with Crippen LogP contribution in [0.2, 0.25) is 5.02 Å². The summed E-state index contributed by atoms with van der Waals surface area (Å²) in [6.45, 7) is 1.76. The number of methoxy groups -OCH3 is 1. The van der Waals surface area contributed by atoms with Gasteiger partial charge in [0.1, 0.15) is 17.3 Å². The normalized spacial score (nSPS) is 23.7. The van der Waals surface area contributed by atoms with Gasteiger partial charge in [-0.25, -0.2) is 4.39 Å². The fourth-order valence-corrected chi connectivity index (χ4v) is 4.95. The Kier molecular flexibility index (Phi) is 5.22. The third-order valence-corrected chi connectivity index (χ3v) is 6.31. The van der Waals surface area contributed by atoms with E-state index in [4.69, 9.17) is 21.1 Å². The fourth-order valence-electron chi connectivity index (χ4n) is 4.83. The Morgan fingerprint density at radius 2 is 1.90 bits per heavy atom. The van der Waals surface area contributed by atoms with Crippen molar-refractivity contribution in [3.63, 3.8) is 0 Å². The van der Waals surface area contributed by atoms with Gasteiger partial charge in [-0.2, -0.15) is 0 Å². The number of rotatable bonds is 8. The van der Waals surface area contributed by atoms with Gasteiger partial charge in [0, 0.05) is 18.0 Å². The molecule has 5 rings (SSSR count). The first-order chi connectivity index (χ1) is 14.2. The molecule has 1 amide bonds. The average molecular weight is 432 g/mol. The Hall–Kier alpha value is -2.60. The minimum Gasteiger partial charge on any atom is -0.496 e. The molecular formula is C23H23ClFNO4. The Morgan fingerprint density at radius 1 is 1.17 bits per heavy atom. The van der Waals surface area contributed by atoms with Crippen LogP contribution in [0.1, 0.15) is 41.6 Å². The van der Waals surface area contributed by atoms with Crippen LogP contribution in [-0.2, 0) is 4.79 Å². The zero-order chi connectivity index (χ0) is 21.5. The maximum absolute atomic E-state index is 13.4. The third kappa shape index (κ3) is 3.88. The first-order valence-electron chi connectivity index (χ1n) is 9.80. The first-order valence-corrected chi connectivity index (χ1v) is 10.2. The van der Waals surface area contributed by atoms with Crippen molar-refractivity contribution in [1.29, 1.82) is 0 Å². The van der Waals surface area contributed by atoms with Crippen LogP contribution in [0.4, 0.5) is 4.39 Å². The molecule has 0 spiro atoms. The Labute approximate surface area is 179 Å². The highest BCUT2D eigenvalue weighted by atomic mass is 35.5. The maximum atomic E-state index is 13.4. The van der Waals surface area contributed by atoms with Gasteiger partial charge in [-0.1, -0.05) is 17.7 Å². The van der Waals surface area contributed by atoms with Crippen molar-refractivity contribution in [3.05, 3.63) is 58.4 Å². The smallest absolute Gasteiger partial charge is 0.258 e. The number of ketones is 1. The van der Waals surface area contributed by atoms with Gasteiger partial charge < -0.3 is 14.8 Å². The zero-order valence-corrected chi connectivity index (χ0v) is 17.6. The number of Topliss-reactive ketones (excluding diaryl/α,β-unsaturated/α-hetero) is 1. The van der Waals surface area contributed by atoms with Crippen molar-refractivity contribution >= 4 is 23.3 Å². The van der Waals surface area contributed by atoms with Crippen molar-refractivity contribution < 1.29 is 23.5 Å². The van der Waals surface area contributed by atoms with Gasteiger partial charge in [0.2, 0.25) is 0 Å². The maximum Gasteiger partial charge on any atom is 0.258 e. The average Bonchev–Trinajstić information content (AvgIpc) is 2.66. The van der Waals surface area contributed by atoms with E-state index in [2.05, 4.69) is 5.32 Å². The number of carbonyl (C=O) groups excluding carboxylic acids is 2. The Morgan fingerprint density at radius 3 is 2.57 bits per heavy atom. The SMILES string of the molecule is COc1cc(C)ccc1C(=O)CC12CC(NC(=O)COc3ccc(Cl)c(F)c3)(C1)C2. The quantitative estimate of drug-likeness (QED) is 0.625. The number of halogens is 2. The van der Waals surface area contributed by atoms with Gasteiger partial charge in [-0.05, 0) is 61.4 Å². The summed E-state index contributed by atoms with van der Waals surface area (Å²) in [5.41, 5.74) is 1.36. The van der Waals surface area contributed by atoms with Crippen LogP contribution in [0, 0.1) is 18.2 Å². The molecule has 0 atom stereocenters. The number of nitrogens with one attached hydrogen (secondary N) is 1. The van der Waals surface area contributed by atoms with Gasteiger partial charge in [0.05, 0.1) is 17.7 Å². The summed E-state index contributed by atoms with van der Waals surface area (Å²) in [4.78, 5) is 25.0. The monoisotopic (exact) mass is 431 g/mol. The molecule has 7 heteroatoms. The van der Waals surface area contributed by atoms with Crippen LogP contribution in [-0.4, -0.2) is 30.9 Å². The van der Waals surface area contributed by atoms with Crippen LogP contribution in [0.5, 0.6) is 11.5 Å². The number of carbonyl (C=O) groups is 2. The highest BCUT2D eigenvalue weighted by molar-refractivity contribution is 6.30. The standard InChI is InChI=1S/C23H23ClFNO4/c1-14-3-5-16(20(7-14)29-2)19(27)9-22-11-23(12-22,13-22)26-21(28)10-30-15-4-6-17(24)18(25)8-15/h3-8H,9-13H2,1-2H3,(H,26,28). The summed E-state index contributed by atoms with van der Waals surface area (Å²) in [7, 11) is 1.57. The van der Waals surface area contributed by atoms with E-state index in [-0.39, 0.29) is 40.0 Å². The van der Waals surface area contributed by atoms with Crippen LogP contribution in [0.3, 0.4) is 0 Å². The molecule has 3 aliphatic carbocycles. The van der Waals surface area contributed by atoms with Gasteiger partial charge >= 0.3 is 0 Å². The lowest BCUT2D eigenvalue weighted by atomic mass is 9.38. The first kappa shape index (κ1) is 20.7. The molecule has 158 valence electrons. The minimum atomic E-state index is -0.592. The van der Waals surface area contributed by atoms with Crippen LogP contribution >= 0.6 is 11.6 Å². The molecule has 3 aliphatic rings. The second kappa shape index (κ2) is 7.58. The van der Waals surface area contributed by atoms with Crippen LogP contribution in [0.25, 0.3) is 0 Å².